The second-order valence-electron chi connectivity index (χ2n) is 6.99. The number of anilines is 1. The van der Waals surface area contributed by atoms with E-state index in [4.69, 9.17) is 9.47 Å². The summed E-state index contributed by atoms with van der Waals surface area (Å²) in [5, 5.41) is 13.7. The molecule has 0 spiro atoms. The predicted molar refractivity (Wildman–Crippen MR) is 113 cm³/mol. The average molecular weight is 417 g/mol. The number of rotatable bonds is 9. The highest BCUT2D eigenvalue weighted by atomic mass is 16.5. The molecule has 10 nitrogen and oxygen atoms in total. The van der Waals surface area contributed by atoms with Gasteiger partial charge in [0.05, 0.1) is 13.7 Å². The van der Waals surface area contributed by atoms with Crippen LogP contribution in [-0.4, -0.2) is 50.2 Å². The first-order chi connectivity index (χ1) is 14.4. The minimum absolute atomic E-state index is 0.0191. The monoisotopic (exact) mass is 417 g/mol. The Hall–Kier alpha value is -3.27. The van der Waals surface area contributed by atoms with Crippen molar-refractivity contribution in [3.05, 3.63) is 45.1 Å². The molecule has 2 N–H and O–H groups in total. The Kier molecular flexibility index (Phi) is 6.46. The van der Waals surface area contributed by atoms with Crippen molar-refractivity contribution in [1.29, 1.82) is 0 Å². The van der Waals surface area contributed by atoms with Gasteiger partial charge in [-0.3, -0.25) is 13.9 Å². The van der Waals surface area contributed by atoms with Crippen LogP contribution in [0.2, 0.25) is 0 Å². The average Bonchev–Trinajstić information content (AvgIpc) is 3.11. The Balaban J connectivity index is 1.88. The molecule has 0 radical (unpaired) electrons. The smallest absolute Gasteiger partial charge is 0.332 e. The molecule has 2 aromatic heterocycles. The summed E-state index contributed by atoms with van der Waals surface area (Å²) < 4.78 is 14.7. The SMILES string of the molecule is CCCNc1nc2c(c(=O)n(C)c(=O)n2C)n1C[C@@H](O)COc1ccc(OC)cc1. The van der Waals surface area contributed by atoms with Crippen LogP contribution in [0.25, 0.3) is 11.2 Å². The van der Waals surface area contributed by atoms with Crippen molar-refractivity contribution >= 4 is 17.1 Å². The lowest BCUT2D eigenvalue weighted by molar-refractivity contribution is 0.0938. The normalized spacial score (nSPS) is 12.2. The van der Waals surface area contributed by atoms with E-state index in [0.717, 1.165) is 11.0 Å². The van der Waals surface area contributed by atoms with E-state index in [1.165, 1.54) is 11.6 Å². The van der Waals surface area contributed by atoms with E-state index in [0.29, 0.717) is 24.0 Å². The maximum atomic E-state index is 12.8. The number of hydrogen-bond donors (Lipinski definition) is 2. The minimum atomic E-state index is -0.909. The Morgan fingerprint density at radius 2 is 1.80 bits per heavy atom. The zero-order chi connectivity index (χ0) is 21.8. The molecule has 0 saturated carbocycles. The largest absolute Gasteiger partial charge is 0.497 e. The second-order valence-corrected chi connectivity index (χ2v) is 6.99. The number of imidazole rings is 1. The molecule has 1 aromatic carbocycles. The molecule has 10 heteroatoms. The maximum Gasteiger partial charge on any atom is 0.332 e. The van der Waals surface area contributed by atoms with Gasteiger partial charge in [0.1, 0.15) is 24.2 Å². The van der Waals surface area contributed by atoms with E-state index in [1.807, 2.05) is 6.92 Å². The van der Waals surface area contributed by atoms with Crippen molar-refractivity contribution in [2.75, 3.05) is 25.6 Å². The summed E-state index contributed by atoms with van der Waals surface area (Å²) >= 11 is 0. The van der Waals surface area contributed by atoms with Gasteiger partial charge < -0.3 is 24.5 Å². The molecule has 3 rings (SSSR count). The van der Waals surface area contributed by atoms with Crippen LogP contribution >= 0.6 is 0 Å². The van der Waals surface area contributed by atoms with Crippen LogP contribution in [0.1, 0.15) is 13.3 Å². The van der Waals surface area contributed by atoms with Gasteiger partial charge in [-0.1, -0.05) is 6.92 Å². The standard InChI is InChI=1S/C20H27N5O5/c1-5-10-21-19-22-17-16(18(27)24(3)20(28)23(17)2)25(19)11-13(26)12-30-15-8-6-14(29-4)7-9-15/h6-9,13,26H,5,10-12H2,1-4H3,(H,21,22)/t13-/m1/s1. The fourth-order valence-corrected chi connectivity index (χ4v) is 3.12. The van der Waals surface area contributed by atoms with Crippen LogP contribution in [0.15, 0.2) is 33.9 Å². The van der Waals surface area contributed by atoms with Crippen molar-refractivity contribution in [2.45, 2.75) is 26.0 Å². The van der Waals surface area contributed by atoms with Crippen molar-refractivity contribution in [1.82, 2.24) is 18.7 Å². The number of fused-ring (bicyclic) bond motifs is 1. The quantitative estimate of drug-likeness (QED) is 0.527. The Morgan fingerprint density at radius 3 is 2.43 bits per heavy atom. The summed E-state index contributed by atoms with van der Waals surface area (Å²) in [6.45, 7) is 2.74. The Bertz CT molecular complexity index is 1130. The van der Waals surface area contributed by atoms with Crippen LogP contribution < -0.4 is 26.0 Å². The van der Waals surface area contributed by atoms with E-state index >= 15 is 0 Å². The number of nitrogens with one attached hydrogen (secondary N) is 1. The van der Waals surface area contributed by atoms with Crippen LogP contribution in [0.5, 0.6) is 11.5 Å². The van der Waals surface area contributed by atoms with Crippen LogP contribution in [-0.2, 0) is 20.6 Å². The lowest BCUT2D eigenvalue weighted by atomic mass is 10.3. The van der Waals surface area contributed by atoms with Gasteiger partial charge in [0.25, 0.3) is 5.56 Å². The molecule has 0 unspecified atom stereocenters. The number of ether oxygens (including phenoxy) is 2. The van der Waals surface area contributed by atoms with E-state index in [9.17, 15) is 14.7 Å². The zero-order valence-corrected chi connectivity index (χ0v) is 17.6. The number of aromatic nitrogens is 4. The molecule has 1 atom stereocenters. The number of benzene rings is 1. The summed E-state index contributed by atoms with van der Waals surface area (Å²) in [6, 6.07) is 7.03. The molecule has 0 aliphatic carbocycles. The van der Waals surface area contributed by atoms with Crippen molar-refractivity contribution in [3.63, 3.8) is 0 Å². The molecule has 0 aliphatic heterocycles. The zero-order valence-electron chi connectivity index (χ0n) is 17.6. The summed E-state index contributed by atoms with van der Waals surface area (Å²) in [7, 11) is 4.57. The lowest BCUT2D eigenvalue weighted by Crippen LogP contribution is -2.38. The fraction of sp³-hybridized carbons (Fsp3) is 0.450. The second kappa shape index (κ2) is 9.04. The lowest BCUT2D eigenvalue weighted by Gasteiger charge is -2.16. The van der Waals surface area contributed by atoms with E-state index in [-0.39, 0.29) is 24.3 Å². The van der Waals surface area contributed by atoms with Gasteiger partial charge in [-0.15, -0.1) is 0 Å². The number of aliphatic hydroxyl groups is 1. The molecule has 162 valence electrons. The molecule has 0 fully saturated rings. The molecule has 0 aliphatic rings. The third-order valence-corrected chi connectivity index (χ3v) is 4.78. The number of hydrogen-bond acceptors (Lipinski definition) is 7. The number of methoxy groups -OCH3 is 1. The summed E-state index contributed by atoms with van der Waals surface area (Å²) in [6.07, 6.45) is -0.0582. The number of aliphatic hydroxyl groups excluding tert-OH is 1. The van der Waals surface area contributed by atoms with E-state index < -0.39 is 17.4 Å². The molecule has 0 saturated heterocycles. The van der Waals surface area contributed by atoms with Gasteiger partial charge in [-0.2, -0.15) is 4.98 Å². The first kappa shape index (κ1) is 21.4. The summed E-state index contributed by atoms with van der Waals surface area (Å²) in [5.74, 6) is 1.72. The third-order valence-electron chi connectivity index (χ3n) is 4.78. The molecule has 0 bridgehead atoms. The highest BCUT2D eigenvalue weighted by molar-refractivity contribution is 5.74. The third kappa shape index (κ3) is 4.18. The molecule has 30 heavy (non-hydrogen) atoms. The van der Waals surface area contributed by atoms with E-state index in [2.05, 4.69) is 10.3 Å². The number of aryl methyl sites for hydroxylation is 1. The first-order valence-electron chi connectivity index (χ1n) is 9.72. The first-order valence-corrected chi connectivity index (χ1v) is 9.72. The molecule has 2 heterocycles. The van der Waals surface area contributed by atoms with Gasteiger partial charge in [-0.25, -0.2) is 4.79 Å². The Morgan fingerprint density at radius 1 is 1.13 bits per heavy atom. The topological polar surface area (TPSA) is 113 Å². The van der Waals surface area contributed by atoms with Gasteiger partial charge in [-0.05, 0) is 30.7 Å². The summed E-state index contributed by atoms with van der Waals surface area (Å²) in [4.78, 5) is 29.4. The van der Waals surface area contributed by atoms with E-state index in [1.54, 1.807) is 43.0 Å². The van der Waals surface area contributed by atoms with Crippen LogP contribution in [0.4, 0.5) is 5.95 Å². The minimum Gasteiger partial charge on any atom is -0.497 e. The van der Waals surface area contributed by atoms with Gasteiger partial charge in [0.15, 0.2) is 11.2 Å². The summed E-state index contributed by atoms with van der Waals surface area (Å²) in [5.41, 5.74) is -0.400. The van der Waals surface area contributed by atoms with Gasteiger partial charge in [0.2, 0.25) is 5.95 Å². The molecule has 3 aromatic rings. The molecular formula is C20H27N5O5. The van der Waals surface area contributed by atoms with Crippen molar-refractivity contribution < 1.29 is 14.6 Å². The van der Waals surface area contributed by atoms with Gasteiger partial charge in [0, 0.05) is 20.6 Å². The Labute approximate surface area is 173 Å². The predicted octanol–water partition coefficient (Wildman–Crippen LogP) is 0.704. The maximum absolute atomic E-state index is 12.8. The van der Waals surface area contributed by atoms with Crippen LogP contribution in [0.3, 0.4) is 0 Å². The van der Waals surface area contributed by atoms with Crippen LogP contribution in [0, 0.1) is 0 Å². The molecular weight excluding hydrogens is 390 g/mol. The van der Waals surface area contributed by atoms with Crippen molar-refractivity contribution in [3.8, 4) is 11.5 Å². The van der Waals surface area contributed by atoms with Crippen molar-refractivity contribution in [2.24, 2.45) is 14.1 Å². The highest BCUT2D eigenvalue weighted by Gasteiger charge is 2.21. The molecule has 0 amide bonds. The number of nitrogens with zero attached hydrogens (tertiary/aromatic N) is 4. The highest BCUT2D eigenvalue weighted by Crippen LogP contribution is 2.19. The van der Waals surface area contributed by atoms with Gasteiger partial charge >= 0.3 is 5.69 Å². The fourth-order valence-electron chi connectivity index (χ4n) is 3.12.